The lowest BCUT2D eigenvalue weighted by atomic mass is 9.96. The lowest BCUT2D eigenvalue weighted by Crippen LogP contribution is -2.02. The average Bonchev–Trinajstić information content (AvgIpc) is 2.79. The molecular formula is C11H10BrN. The van der Waals surface area contributed by atoms with Crippen molar-refractivity contribution in [2.45, 2.75) is 18.8 Å². The van der Waals surface area contributed by atoms with Crippen molar-refractivity contribution in [2.75, 3.05) is 0 Å². The van der Waals surface area contributed by atoms with Gasteiger partial charge >= 0.3 is 0 Å². The van der Waals surface area contributed by atoms with E-state index in [1.807, 2.05) is 12.1 Å². The van der Waals surface area contributed by atoms with E-state index in [1.165, 1.54) is 5.56 Å². The summed E-state index contributed by atoms with van der Waals surface area (Å²) in [6.07, 6.45) is 1.000. The summed E-state index contributed by atoms with van der Waals surface area (Å²) in [6.45, 7) is 2.16. The fraction of sp³-hybridized carbons (Fsp3) is 0.364. The average molecular weight is 236 g/mol. The second-order valence-electron chi connectivity index (χ2n) is 3.81. The number of nitrogens with zero attached hydrogens (tertiary/aromatic N) is 1. The molecule has 2 unspecified atom stereocenters. The lowest BCUT2D eigenvalue weighted by molar-refractivity contribution is 0.741. The van der Waals surface area contributed by atoms with E-state index in [-0.39, 0.29) is 11.3 Å². The normalized spacial score (nSPS) is 31.0. The van der Waals surface area contributed by atoms with E-state index in [0.29, 0.717) is 0 Å². The third-order valence-corrected chi connectivity index (χ3v) is 3.37. The van der Waals surface area contributed by atoms with Crippen LogP contribution in [-0.2, 0) is 5.41 Å². The Morgan fingerprint density at radius 3 is 2.92 bits per heavy atom. The van der Waals surface area contributed by atoms with Crippen LogP contribution in [0.1, 0.15) is 18.9 Å². The largest absolute Gasteiger partial charge is 0.198 e. The summed E-state index contributed by atoms with van der Waals surface area (Å²) in [5, 5.41) is 8.81. The number of hydrogen-bond donors (Lipinski definition) is 0. The third kappa shape index (κ3) is 1.38. The molecule has 1 nitrogen and oxygen atoms in total. The summed E-state index contributed by atoms with van der Waals surface area (Å²) in [5.74, 6) is 0.210. The molecule has 0 saturated heterocycles. The van der Waals surface area contributed by atoms with Crippen LogP contribution in [-0.4, -0.2) is 0 Å². The van der Waals surface area contributed by atoms with Crippen LogP contribution < -0.4 is 0 Å². The minimum Gasteiger partial charge on any atom is -0.198 e. The summed E-state index contributed by atoms with van der Waals surface area (Å²) < 4.78 is 1.09. The summed E-state index contributed by atoms with van der Waals surface area (Å²) in [7, 11) is 0. The molecule has 0 bridgehead atoms. The molecule has 1 saturated carbocycles. The first kappa shape index (κ1) is 8.77. The van der Waals surface area contributed by atoms with Crippen molar-refractivity contribution in [2.24, 2.45) is 5.92 Å². The van der Waals surface area contributed by atoms with Gasteiger partial charge in [0.15, 0.2) is 0 Å². The van der Waals surface area contributed by atoms with Gasteiger partial charge in [0.25, 0.3) is 0 Å². The van der Waals surface area contributed by atoms with Crippen molar-refractivity contribution in [3.8, 4) is 6.07 Å². The Morgan fingerprint density at radius 1 is 1.62 bits per heavy atom. The van der Waals surface area contributed by atoms with Crippen LogP contribution in [0.4, 0.5) is 0 Å². The first-order valence-electron chi connectivity index (χ1n) is 4.32. The Hall–Kier alpha value is -0.810. The molecule has 1 aromatic carbocycles. The van der Waals surface area contributed by atoms with Crippen molar-refractivity contribution in [3.05, 3.63) is 34.3 Å². The van der Waals surface area contributed by atoms with Crippen molar-refractivity contribution in [1.29, 1.82) is 5.26 Å². The van der Waals surface area contributed by atoms with E-state index in [4.69, 9.17) is 5.26 Å². The van der Waals surface area contributed by atoms with Crippen LogP contribution in [0.2, 0.25) is 0 Å². The van der Waals surface area contributed by atoms with Gasteiger partial charge in [-0.15, -0.1) is 0 Å². The first-order valence-corrected chi connectivity index (χ1v) is 5.12. The summed E-state index contributed by atoms with van der Waals surface area (Å²) in [6, 6.07) is 10.6. The number of hydrogen-bond acceptors (Lipinski definition) is 1. The van der Waals surface area contributed by atoms with E-state index in [2.05, 4.69) is 41.1 Å². The number of halogens is 1. The number of nitriles is 1. The van der Waals surface area contributed by atoms with Crippen LogP contribution in [0.5, 0.6) is 0 Å². The van der Waals surface area contributed by atoms with Crippen molar-refractivity contribution < 1.29 is 0 Å². The van der Waals surface area contributed by atoms with Crippen molar-refractivity contribution >= 4 is 15.9 Å². The molecular weight excluding hydrogens is 226 g/mol. The second-order valence-corrected chi connectivity index (χ2v) is 4.73. The second kappa shape index (κ2) is 2.85. The Morgan fingerprint density at radius 2 is 2.38 bits per heavy atom. The standard InChI is InChI=1S/C11H10BrN/c1-11(6-9(11)7-13)8-3-2-4-10(12)5-8/h2-5,9H,6H2,1H3. The molecule has 2 atom stereocenters. The van der Waals surface area contributed by atoms with Gasteiger partial charge in [0.05, 0.1) is 12.0 Å². The molecule has 0 amide bonds. The molecule has 0 spiro atoms. The van der Waals surface area contributed by atoms with Crippen molar-refractivity contribution in [1.82, 2.24) is 0 Å². The fourth-order valence-electron chi connectivity index (χ4n) is 1.72. The van der Waals surface area contributed by atoms with E-state index >= 15 is 0 Å². The highest BCUT2D eigenvalue weighted by Gasteiger charge is 2.51. The van der Waals surface area contributed by atoms with Gasteiger partial charge in [-0.1, -0.05) is 35.0 Å². The first-order chi connectivity index (χ1) is 6.16. The predicted octanol–water partition coefficient (Wildman–Crippen LogP) is 3.25. The van der Waals surface area contributed by atoms with Gasteiger partial charge in [0.2, 0.25) is 0 Å². The van der Waals surface area contributed by atoms with Crippen LogP contribution in [0, 0.1) is 17.2 Å². The van der Waals surface area contributed by atoms with Gasteiger partial charge in [0, 0.05) is 9.89 Å². The fourth-order valence-corrected chi connectivity index (χ4v) is 2.12. The van der Waals surface area contributed by atoms with Gasteiger partial charge in [-0.3, -0.25) is 0 Å². The molecule has 0 N–H and O–H groups in total. The number of rotatable bonds is 1. The zero-order valence-electron chi connectivity index (χ0n) is 7.42. The summed E-state index contributed by atoms with van der Waals surface area (Å²) >= 11 is 3.44. The minimum atomic E-state index is 0.110. The van der Waals surface area contributed by atoms with Gasteiger partial charge in [-0.25, -0.2) is 0 Å². The van der Waals surface area contributed by atoms with Gasteiger partial charge < -0.3 is 0 Å². The van der Waals surface area contributed by atoms with Crippen LogP contribution >= 0.6 is 15.9 Å². The zero-order valence-corrected chi connectivity index (χ0v) is 9.01. The summed E-state index contributed by atoms with van der Waals surface area (Å²) in [4.78, 5) is 0. The van der Waals surface area contributed by atoms with E-state index in [1.54, 1.807) is 0 Å². The van der Waals surface area contributed by atoms with Gasteiger partial charge in [0.1, 0.15) is 0 Å². The van der Waals surface area contributed by atoms with E-state index in [0.717, 1.165) is 10.9 Å². The van der Waals surface area contributed by atoms with Crippen LogP contribution in [0.15, 0.2) is 28.7 Å². The maximum atomic E-state index is 8.81. The molecule has 0 aliphatic heterocycles. The molecule has 1 fully saturated rings. The smallest absolute Gasteiger partial charge is 0.0665 e. The molecule has 1 aliphatic rings. The maximum Gasteiger partial charge on any atom is 0.0665 e. The molecule has 0 radical (unpaired) electrons. The Labute approximate surface area is 86.5 Å². The Kier molecular flexibility index (Phi) is 1.92. The molecule has 66 valence electrons. The highest BCUT2D eigenvalue weighted by atomic mass is 79.9. The Balaban J connectivity index is 2.34. The summed E-state index contributed by atoms with van der Waals surface area (Å²) in [5.41, 5.74) is 1.38. The maximum absolute atomic E-state index is 8.81. The quantitative estimate of drug-likeness (QED) is 0.734. The highest BCUT2D eigenvalue weighted by Crippen LogP contribution is 2.53. The zero-order chi connectivity index (χ0) is 9.47. The third-order valence-electron chi connectivity index (χ3n) is 2.88. The minimum absolute atomic E-state index is 0.110. The van der Waals surface area contributed by atoms with Crippen LogP contribution in [0.25, 0.3) is 0 Å². The molecule has 2 heteroatoms. The van der Waals surface area contributed by atoms with E-state index in [9.17, 15) is 0 Å². The number of benzene rings is 1. The topological polar surface area (TPSA) is 23.8 Å². The van der Waals surface area contributed by atoms with Gasteiger partial charge in [-0.05, 0) is 24.1 Å². The SMILES string of the molecule is CC1(c2cccc(Br)c2)CC1C#N. The Bertz CT molecular complexity index is 380. The molecule has 0 heterocycles. The molecule has 1 aromatic rings. The van der Waals surface area contributed by atoms with E-state index < -0.39 is 0 Å². The predicted molar refractivity (Wildman–Crippen MR) is 55.2 cm³/mol. The molecule has 2 rings (SSSR count). The molecule has 1 aliphatic carbocycles. The van der Waals surface area contributed by atoms with Gasteiger partial charge in [-0.2, -0.15) is 5.26 Å². The van der Waals surface area contributed by atoms with Crippen LogP contribution in [0.3, 0.4) is 0 Å². The van der Waals surface area contributed by atoms with Crippen molar-refractivity contribution in [3.63, 3.8) is 0 Å². The highest BCUT2D eigenvalue weighted by molar-refractivity contribution is 9.10. The molecule has 13 heavy (non-hydrogen) atoms. The molecule has 0 aromatic heterocycles. The monoisotopic (exact) mass is 235 g/mol. The lowest BCUT2D eigenvalue weighted by Gasteiger charge is -2.08.